The molecule has 0 unspecified atom stereocenters. The summed E-state index contributed by atoms with van der Waals surface area (Å²) in [5.41, 5.74) is 0.908. The van der Waals surface area contributed by atoms with E-state index in [1.54, 1.807) is 18.2 Å². The van der Waals surface area contributed by atoms with Gasteiger partial charge in [0, 0.05) is 13.1 Å². The molecule has 1 aromatic carbocycles. The van der Waals surface area contributed by atoms with Gasteiger partial charge in [-0.1, -0.05) is 17.7 Å². The molecule has 80 valence electrons. The number of halogens is 1. The normalized spacial score (nSPS) is 15.1. The molecule has 3 nitrogen and oxygen atoms in total. The second kappa shape index (κ2) is 3.74. The Morgan fingerprint density at radius 2 is 2.20 bits per heavy atom. The fourth-order valence-corrected chi connectivity index (χ4v) is 2.00. The number of hydrogen-bond acceptors (Lipinski definition) is 2. The van der Waals surface area contributed by atoms with Crippen LogP contribution in [0.2, 0.25) is 5.02 Å². The highest BCUT2D eigenvalue weighted by Crippen LogP contribution is 2.36. The highest BCUT2D eigenvalue weighted by Gasteiger charge is 2.29. The molecule has 0 saturated heterocycles. The standard InChI is InChI=1S/C11H12ClNO2/c1-13(7-5-6-7)10-8(11(14)15)3-2-4-9(10)12/h2-4,7H,5-6H2,1H3,(H,14,15). The first-order valence-corrected chi connectivity index (χ1v) is 5.23. The molecular weight excluding hydrogens is 214 g/mol. The number of aromatic carboxylic acids is 1. The Bertz CT molecular complexity index is 402. The summed E-state index contributed by atoms with van der Waals surface area (Å²) in [5, 5.41) is 9.56. The van der Waals surface area contributed by atoms with Gasteiger partial charge in [0.25, 0.3) is 0 Å². The van der Waals surface area contributed by atoms with Crippen molar-refractivity contribution in [1.82, 2.24) is 0 Å². The van der Waals surface area contributed by atoms with E-state index in [4.69, 9.17) is 16.7 Å². The van der Waals surface area contributed by atoms with Crippen molar-refractivity contribution in [3.05, 3.63) is 28.8 Å². The third-order valence-electron chi connectivity index (χ3n) is 2.66. The van der Waals surface area contributed by atoms with E-state index in [0.29, 0.717) is 16.8 Å². The number of nitrogens with zero attached hydrogens (tertiary/aromatic N) is 1. The summed E-state index contributed by atoms with van der Waals surface area (Å²) in [6.07, 6.45) is 2.22. The maximum atomic E-state index is 11.0. The van der Waals surface area contributed by atoms with Gasteiger partial charge in [0.15, 0.2) is 0 Å². The lowest BCUT2D eigenvalue weighted by molar-refractivity contribution is 0.0697. The number of carboxylic acid groups (broad SMARTS) is 1. The Labute approximate surface area is 93.3 Å². The summed E-state index contributed by atoms with van der Waals surface area (Å²) in [6.45, 7) is 0. The highest BCUT2D eigenvalue weighted by atomic mass is 35.5. The lowest BCUT2D eigenvalue weighted by Gasteiger charge is -2.21. The number of benzene rings is 1. The molecule has 1 N–H and O–H groups in total. The number of carboxylic acids is 1. The Hall–Kier alpha value is -1.22. The van der Waals surface area contributed by atoms with Crippen molar-refractivity contribution in [3.8, 4) is 0 Å². The predicted molar refractivity (Wildman–Crippen MR) is 59.8 cm³/mol. The molecule has 2 rings (SSSR count). The smallest absolute Gasteiger partial charge is 0.337 e. The molecule has 4 heteroatoms. The first-order valence-electron chi connectivity index (χ1n) is 4.86. The first kappa shape index (κ1) is 10.3. The zero-order valence-corrected chi connectivity index (χ0v) is 9.16. The van der Waals surface area contributed by atoms with Gasteiger partial charge >= 0.3 is 5.97 Å². The zero-order chi connectivity index (χ0) is 11.0. The molecule has 0 heterocycles. The third-order valence-corrected chi connectivity index (χ3v) is 2.97. The van der Waals surface area contributed by atoms with Gasteiger partial charge in [-0.25, -0.2) is 4.79 Å². The summed E-state index contributed by atoms with van der Waals surface area (Å²) < 4.78 is 0. The van der Waals surface area contributed by atoms with E-state index in [2.05, 4.69) is 0 Å². The van der Waals surface area contributed by atoms with Crippen LogP contribution in [0.4, 0.5) is 5.69 Å². The van der Waals surface area contributed by atoms with Crippen LogP contribution in [0.3, 0.4) is 0 Å². The second-order valence-electron chi connectivity index (χ2n) is 3.78. The topological polar surface area (TPSA) is 40.5 Å². The van der Waals surface area contributed by atoms with Crippen molar-refractivity contribution in [2.24, 2.45) is 0 Å². The van der Waals surface area contributed by atoms with E-state index in [-0.39, 0.29) is 5.56 Å². The average molecular weight is 226 g/mol. The molecule has 1 aliphatic rings. The first-order chi connectivity index (χ1) is 7.11. The van der Waals surface area contributed by atoms with Crippen LogP contribution >= 0.6 is 11.6 Å². The molecule has 0 amide bonds. The minimum atomic E-state index is -0.931. The highest BCUT2D eigenvalue weighted by molar-refractivity contribution is 6.34. The van der Waals surface area contributed by atoms with E-state index in [1.807, 2.05) is 11.9 Å². The molecule has 0 aliphatic heterocycles. The van der Waals surface area contributed by atoms with E-state index in [9.17, 15) is 4.79 Å². The minimum absolute atomic E-state index is 0.275. The van der Waals surface area contributed by atoms with E-state index >= 15 is 0 Å². The summed E-state index contributed by atoms with van der Waals surface area (Å²) in [7, 11) is 1.89. The average Bonchev–Trinajstić information content (AvgIpc) is 2.99. The van der Waals surface area contributed by atoms with Crippen LogP contribution in [0.1, 0.15) is 23.2 Å². The molecule has 0 spiro atoms. The molecule has 0 atom stereocenters. The van der Waals surface area contributed by atoms with Crippen molar-refractivity contribution in [3.63, 3.8) is 0 Å². The van der Waals surface area contributed by atoms with Crippen LogP contribution in [-0.2, 0) is 0 Å². The molecule has 0 aromatic heterocycles. The van der Waals surface area contributed by atoms with Crippen LogP contribution in [0.15, 0.2) is 18.2 Å². The zero-order valence-electron chi connectivity index (χ0n) is 8.40. The van der Waals surface area contributed by atoms with Crippen molar-refractivity contribution < 1.29 is 9.90 Å². The van der Waals surface area contributed by atoms with Crippen LogP contribution in [-0.4, -0.2) is 24.2 Å². The Morgan fingerprint density at radius 1 is 1.53 bits per heavy atom. The largest absolute Gasteiger partial charge is 0.478 e. The van der Waals surface area contributed by atoms with Crippen molar-refractivity contribution in [2.45, 2.75) is 18.9 Å². The van der Waals surface area contributed by atoms with E-state index in [0.717, 1.165) is 12.8 Å². The summed E-state index contributed by atoms with van der Waals surface area (Å²) >= 11 is 6.04. The van der Waals surface area contributed by atoms with Crippen LogP contribution in [0.25, 0.3) is 0 Å². The molecule has 1 aromatic rings. The van der Waals surface area contributed by atoms with Crippen LogP contribution < -0.4 is 4.90 Å². The van der Waals surface area contributed by atoms with Gasteiger partial charge in [0.2, 0.25) is 0 Å². The molecule has 15 heavy (non-hydrogen) atoms. The third kappa shape index (κ3) is 1.92. The number of rotatable bonds is 3. The van der Waals surface area contributed by atoms with Crippen LogP contribution in [0.5, 0.6) is 0 Å². The van der Waals surface area contributed by atoms with Gasteiger partial charge in [0.1, 0.15) is 0 Å². The van der Waals surface area contributed by atoms with Gasteiger partial charge in [-0.15, -0.1) is 0 Å². The number of anilines is 1. The summed E-state index contributed by atoms with van der Waals surface area (Å²) in [5.74, 6) is -0.931. The second-order valence-corrected chi connectivity index (χ2v) is 4.19. The molecule has 1 saturated carbocycles. The maximum absolute atomic E-state index is 11.0. The number of carbonyl (C=O) groups is 1. The molecule has 1 aliphatic carbocycles. The van der Waals surface area contributed by atoms with Crippen molar-refractivity contribution >= 4 is 23.3 Å². The Morgan fingerprint density at radius 3 is 2.73 bits per heavy atom. The lowest BCUT2D eigenvalue weighted by Crippen LogP contribution is -2.22. The van der Waals surface area contributed by atoms with Gasteiger partial charge in [0.05, 0.1) is 16.3 Å². The number of hydrogen-bond donors (Lipinski definition) is 1. The Kier molecular flexibility index (Phi) is 2.57. The molecular formula is C11H12ClNO2. The van der Waals surface area contributed by atoms with Gasteiger partial charge < -0.3 is 10.0 Å². The SMILES string of the molecule is CN(c1c(Cl)cccc1C(=O)O)C1CC1. The van der Waals surface area contributed by atoms with Crippen molar-refractivity contribution in [1.29, 1.82) is 0 Å². The van der Waals surface area contributed by atoms with Crippen molar-refractivity contribution in [2.75, 3.05) is 11.9 Å². The quantitative estimate of drug-likeness (QED) is 0.860. The number of para-hydroxylation sites is 1. The summed E-state index contributed by atoms with van der Waals surface area (Å²) in [4.78, 5) is 13.0. The van der Waals surface area contributed by atoms with Gasteiger partial charge in [-0.2, -0.15) is 0 Å². The molecule has 0 radical (unpaired) electrons. The van der Waals surface area contributed by atoms with Crippen LogP contribution in [0, 0.1) is 0 Å². The maximum Gasteiger partial charge on any atom is 0.337 e. The monoisotopic (exact) mass is 225 g/mol. The predicted octanol–water partition coefficient (Wildman–Crippen LogP) is 2.64. The molecule has 1 fully saturated rings. The fraction of sp³-hybridized carbons (Fsp3) is 0.364. The Balaban J connectivity index is 2.46. The summed E-state index contributed by atoms with van der Waals surface area (Å²) in [6, 6.07) is 5.42. The fourth-order valence-electron chi connectivity index (χ4n) is 1.69. The van der Waals surface area contributed by atoms with E-state index < -0.39 is 5.97 Å². The lowest BCUT2D eigenvalue weighted by atomic mass is 10.1. The van der Waals surface area contributed by atoms with Gasteiger partial charge in [-0.05, 0) is 25.0 Å². The van der Waals surface area contributed by atoms with E-state index in [1.165, 1.54) is 0 Å². The van der Waals surface area contributed by atoms with Gasteiger partial charge in [-0.3, -0.25) is 0 Å². The molecule has 0 bridgehead atoms. The minimum Gasteiger partial charge on any atom is -0.478 e.